The third-order valence-corrected chi connectivity index (χ3v) is 3.89. The molecule has 1 heterocycles. The quantitative estimate of drug-likeness (QED) is 0.366. The van der Waals surface area contributed by atoms with Gasteiger partial charge in [0, 0.05) is 50.4 Å². The predicted molar refractivity (Wildman–Crippen MR) is 108 cm³/mol. The number of rotatable bonds is 10. The van der Waals surface area contributed by atoms with Crippen LogP contribution in [0.3, 0.4) is 0 Å². The number of benzene rings is 1. The number of nitrogens with one attached hydrogen (secondary N) is 2. The lowest BCUT2D eigenvalue weighted by atomic mass is 10.2. The number of aromatic nitrogens is 2. The van der Waals surface area contributed by atoms with E-state index in [4.69, 9.17) is 20.9 Å². The van der Waals surface area contributed by atoms with E-state index in [0.717, 1.165) is 37.7 Å². The van der Waals surface area contributed by atoms with Crippen molar-refractivity contribution < 1.29 is 9.26 Å². The van der Waals surface area contributed by atoms with E-state index < -0.39 is 0 Å². The van der Waals surface area contributed by atoms with Gasteiger partial charge in [0.05, 0.1) is 0 Å². The Labute approximate surface area is 165 Å². The van der Waals surface area contributed by atoms with Gasteiger partial charge in [-0.25, -0.2) is 0 Å². The summed E-state index contributed by atoms with van der Waals surface area (Å²) in [6, 6.07) is 7.34. The lowest BCUT2D eigenvalue weighted by Crippen LogP contribution is -2.39. The molecule has 0 bridgehead atoms. The Morgan fingerprint density at radius 2 is 1.96 bits per heavy atom. The highest BCUT2D eigenvalue weighted by Crippen LogP contribution is 2.18. The van der Waals surface area contributed by atoms with Crippen LogP contribution in [-0.4, -0.2) is 49.5 Å². The van der Waals surface area contributed by atoms with Crippen LogP contribution in [-0.2, 0) is 11.2 Å². The van der Waals surface area contributed by atoms with Gasteiger partial charge in [0.15, 0.2) is 5.96 Å². The van der Waals surface area contributed by atoms with E-state index in [9.17, 15) is 0 Å². The van der Waals surface area contributed by atoms with Gasteiger partial charge >= 0.3 is 0 Å². The second-order valence-corrected chi connectivity index (χ2v) is 6.95. The molecule has 0 amide bonds. The van der Waals surface area contributed by atoms with Crippen molar-refractivity contribution in [2.45, 2.75) is 26.7 Å². The summed E-state index contributed by atoms with van der Waals surface area (Å²) in [6.45, 7) is 7.29. The van der Waals surface area contributed by atoms with Gasteiger partial charge in [0.25, 0.3) is 0 Å². The Bertz CT molecular complexity index is 700. The van der Waals surface area contributed by atoms with Gasteiger partial charge < -0.3 is 19.9 Å². The third kappa shape index (κ3) is 7.97. The second kappa shape index (κ2) is 11.6. The fourth-order valence-electron chi connectivity index (χ4n) is 2.28. The van der Waals surface area contributed by atoms with E-state index in [1.54, 1.807) is 19.2 Å². The SMILES string of the molecule is CN=C(NCCCOCC(C)C)NCCc1nc(-c2ccc(Cl)cc2)no1. The highest BCUT2D eigenvalue weighted by atomic mass is 35.5. The van der Waals surface area contributed by atoms with Crippen LogP contribution in [0.15, 0.2) is 33.8 Å². The fourth-order valence-corrected chi connectivity index (χ4v) is 2.41. The molecule has 2 rings (SSSR count). The van der Waals surface area contributed by atoms with Crippen molar-refractivity contribution in [3.05, 3.63) is 35.2 Å². The molecule has 0 fully saturated rings. The van der Waals surface area contributed by atoms with E-state index >= 15 is 0 Å². The van der Waals surface area contributed by atoms with E-state index in [0.29, 0.717) is 35.6 Å². The summed E-state index contributed by atoms with van der Waals surface area (Å²) >= 11 is 5.89. The molecule has 2 N–H and O–H groups in total. The van der Waals surface area contributed by atoms with Gasteiger partial charge in [-0.1, -0.05) is 30.6 Å². The Hall–Kier alpha value is -2.12. The third-order valence-electron chi connectivity index (χ3n) is 3.63. The summed E-state index contributed by atoms with van der Waals surface area (Å²) in [5, 5.41) is 11.2. The van der Waals surface area contributed by atoms with Crippen LogP contribution in [0, 0.1) is 5.92 Å². The van der Waals surface area contributed by atoms with E-state index in [1.807, 2.05) is 12.1 Å². The van der Waals surface area contributed by atoms with Crippen molar-refractivity contribution in [3.63, 3.8) is 0 Å². The van der Waals surface area contributed by atoms with Gasteiger partial charge in [0.1, 0.15) is 0 Å². The van der Waals surface area contributed by atoms with Crippen LogP contribution in [0.4, 0.5) is 0 Å². The van der Waals surface area contributed by atoms with Crippen molar-refractivity contribution in [1.82, 2.24) is 20.8 Å². The molecule has 0 spiro atoms. The van der Waals surface area contributed by atoms with Gasteiger partial charge in [-0.2, -0.15) is 4.98 Å². The molecule has 8 heteroatoms. The maximum atomic E-state index is 5.89. The highest BCUT2D eigenvalue weighted by Gasteiger charge is 2.08. The average Bonchev–Trinajstić information content (AvgIpc) is 3.12. The zero-order valence-electron chi connectivity index (χ0n) is 16.2. The Morgan fingerprint density at radius 3 is 2.67 bits per heavy atom. The van der Waals surface area contributed by atoms with Crippen molar-refractivity contribution in [2.24, 2.45) is 10.9 Å². The molecule has 0 atom stereocenters. The Balaban J connectivity index is 1.66. The number of halogens is 1. The van der Waals surface area contributed by atoms with Gasteiger partial charge in [-0.3, -0.25) is 4.99 Å². The monoisotopic (exact) mass is 393 g/mol. The fraction of sp³-hybridized carbons (Fsp3) is 0.526. The Morgan fingerprint density at radius 1 is 1.22 bits per heavy atom. The van der Waals surface area contributed by atoms with Crippen molar-refractivity contribution in [3.8, 4) is 11.4 Å². The van der Waals surface area contributed by atoms with Crippen LogP contribution >= 0.6 is 11.6 Å². The van der Waals surface area contributed by atoms with Crippen LogP contribution in [0.25, 0.3) is 11.4 Å². The number of ether oxygens (including phenoxy) is 1. The molecule has 7 nitrogen and oxygen atoms in total. The lowest BCUT2D eigenvalue weighted by molar-refractivity contribution is 0.108. The van der Waals surface area contributed by atoms with Crippen LogP contribution in [0.1, 0.15) is 26.2 Å². The predicted octanol–water partition coefficient (Wildman–Crippen LogP) is 3.16. The number of hydrogen-bond acceptors (Lipinski definition) is 5. The van der Waals surface area contributed by atoms with Crippen LogP contribution < -0.4 is 10.6 Å². The minimum absolute atomic E-state index is 0.561. The largest absolute Gasteiger partial charge is 0.381 e. The average molecular weight is 394 g/mol. The smallest absolute Gasteiger partial charge is 0.228 e. The first-order chi connectivity index (χ1) is 13.1. The molecule has 1 aromatic carbocycles. The van der Waals surface area contributed by atoms with Gasteiger partial charge in [0.2, 0.25) is 11.7 Å². The molecule has 0 unspecified atom stereocenters. The first kappa shape index (κ1) is 21.2. The maximum Gasteiger partial charge on any atom is 0.228 e. The van der Waals surface area contributed by atoms with Crippen LogP contribution in [0.5, 0.6) is 0 Å². The molecule has 1 aromatic heterocycles. The van der Waals surface area contributed by atoms with E-state index in [1.165, 1.54) is 0 Å². The van der Waals surface area contributed by atoms with E-state index in [-0.39, 0.29) is 0 Å². The lowest BCUT2D eigenvalue weighted by Gasteiger charge is -2.11. The standard InChI is InChI=1S/C19H28ClN5O2/c1-14(2)13-26-12-4-10-22-19(21-3)23-11-9-17-24-18(25-27-17)15-5-7-16(20)8-6-15/h5-8,14H,4,9-13H2,1-3H3,(H2,21,22,23). The maximum absolute atomic E-state index is 5.89. The number of aliphatic imine (C=N–C) groups is 1. The first-order valence-corrected chi connectivity index (χ1v) is 9.57. The number of hydrogen-bond donors (Lipinski definition) is 2. The summed E-state index contributed by atoms with van der Waals surface area (Å²) in [5.41, 5.74) is 0.875. The zero-order chi connectivity index (χ0) is 19.5. The highest BCUT2D eigenvalue weighted by molar-refractivity contribution is 6.30. The molecule has 0 saturated carbocycles. The number of nitrogens with zero attached hydrogens (tertiary/aromatic N) is 3. The van der Waals surface area contributed by atoms with Crippen molar-refractivity contribution >= 4 is 17.6 Å². The molecular weight excluding hydrogens is 366 g/mol. The van der Waals surface area contributed by atoms with Gasteiger partial charge in [-0.05, 0) is 36.6 Å². The molecular formula is C19H28ClN5O2. The molecule has 0 aliphatic heterocycles. The van der Waals surface area contributed by atoms with Crippen molar-refractivity contribution in [1.29, 1.82) is 0 Å². The van der Waals surface area contributed by atoms with Gasteiger partial charge in [-0.15, -0.1) is 0 Å². The molecule has 0 saturated heterocycles. The molecule has 2 aromatic rings. The first-order valence-electron chi connectivity index (χ1n) is 9.19. The molecule has 0 aliphatic rings. The minimum Gasteiger partial charge on any atom is -0.381 e. The summed E-state index contributed by atoms with van der Waals surface area (Å²) in [7, 11) is 1.75. The summed E-state index contributed by atoms with van der Waals surface area (Å²) < 4.78 is 10.9. The topological polar surface area (TPSA) is 84.6 Å². The minimum atomic E-state index is 0.561. The normalized spacial score (nSPS) is 11.8. The number of guanidine groups is 1. The summed E-state index contributed by atoms with van der Waals surface area (Å²) in [5.74, 6) is 2.45. The summed E-state index contributed by atoms with van der Waals surface area (Å²) in [4.78, 5) is 8.61. The Kier molecular flexibility index (Phi) is 9.07. The molecule has 27 heavy (non-hydrogen) atoms. The molecule has 0 radical (unpaired) electrons. The van der Waals surface area contributed by atoms with Crippen molar-refractivity contribution in [2.75, 3.05) is 33.4 Å². The zero-order valence-corrected chi connectivity index (χ0v) is 16.9. The van der Waals surface area contributed by atoms with E-state index in [2.05, 4.69) is 39.6 Å². The molecule has 148 valence electrons. The summed E-state index contributed by atoms with van der Waals surface area (Å²) in [6.07, 6.45) is 1.54. The second-order valence-electron chi connectivity index (χ2n) is 6.52. The molecule has 0 aliphatic carbocycles. The van der Waals surface area contributed by atoms with Crippen LogP contribution in [0.2, 0.25) is 5.02 Å².